The second-order valence-corrected chi connectivity index (χ2v) is 7.10. The number of benzene rings is 2. The first-order valence-corrected chi connectivity index (χ1v) is 8.65. The van der Waals surface area contributed by atoms with E-state index in [0.717, 1.165) is 12.1 Å². The Bertz CT molecular complexity index is 764. The zero-order valence-electron chi connectivity index (χ0n) is 12.5. The molecule has 0 amide bonds. The average Bonchev–Trinajstić information content (AvgIpc) is 2.53. The van der Waals surface area contributed by atoms with Gasteiger partial charge in [-0.2, -0.15) is 13.2 Å². The average molecular weight is 359 g/mol. The maximum atomic E-state index is 13.3. The molecule has 0 aliphatic carbocycles. The molecule has 0 spiro atoms. The quantitative estimate of drug-likeness (QED) is 0.833. The Kier molecular flexibility index (Phi) is 5.32. The molecule has 8 heteroatoms. The van der Waals surface area contributed by atoms with Gasteiger partial charge in [-0.25, -0.2) is 13.1 Å². The summed E-state index contributed by atoms with van der Waals surface area (Å²) in [6, 6.07) is 14.4. The fraction of sp³-hybridized carbons (Fsp3) is 0.250. The highest BCUT2D eigenvalue weighted by Gasteiger charge is 2.55. The summed E-state index contributed by atoms with van der Waals surface area (Å²) in [4.78, 5) is 0. The molecule has 2 aromatic carbocycles. The van der Waals surface area contributed by atoms with Gasteiger partial charge in [0.25, 0.3) is 0 Å². The summed E-state index contributed by atoms with van der Waals surface area (Å²) in [5.74, 6) is -0.476. The van der Waals surface area contributed by atoms with E-state index in [0.29, 0.717) is 5.56 Å². The topological polar surface area (TPSA) is 66.4 Å². The van der Waals surface area contributed by atoms with E-state index in [-0.39, 0.29) is 0 Å². The van der Waals surface area contributed by atoms with Crippen LogP contribution in [0.1, 0.15) is 11.1 Å². The van der Waals surface area contributed by atoms with Gasteiger partial charge in [0, 0.05) is 0 Å². The molecule has 0 radical (unpaired) electrons. The second kappa shape index (κ2) is 6.92. The number of hydrogen-bond acceptors (Lipinski definition) is 3. The Morgan fingerprint density at radius 1 is 0.917 bits per heavy atom. The number of hydrogen-bond donors (Lipinski definition) is 2. The predicted octanol–water partition coefficient (Wildman–Crippen LogP) is 2.56. The summed E-state index contributed by atoms with van der Waals surface area (Å²) < 4.78 is 65.8. The fourth-order valence-corrected chi connectivity index (χ4v) is 3.30. The third kappa shape index (κ3) is 4.34. The first-order valence-electron chi connectivity index (χ1n) is 7.00. The van der Waals surface area contributed by atoms with Crippen molar-refractivity contribution in [2.75, 3.05) is 6.54 Å². The van der Waals surface area contributed by atoms with Gasteiger partial charge in [-0.1, -0.05) is 60.7 Å². The SMILES string of the molecule is O=S(=O)(Cc1ccccc1)NCC(O)(c1ccccc1)C(F)(F)F. The number of rotatable bonds is 6. The molecule has 0 bridgehead atoms. The van der Waals surface area contributed by atoms with E-state index in [9.17, 15) is 26.7 Å². The number of aliphatic hydroxyl groups is 1. The molecule has 0 saturated heterocycles. The van der Waals surface area contributed by atoms with E-state index in [4.69, 9.17) is 0 Å². The first-order chi connectivity index (χ1) is 11.1. The zero-order valence-corrected chi connectivity index (χ0v) is 13.3. The van der Waals surface area contributed by atoms with Crippen molar-refractivity contribution in [1.82, 2.24) is 4.72 Å². The maximum absolute atomic E-state index is 13.3. The van der Waals surface area contributed by atoms with Crippen LogP contribution in [0.25, 0.3) is 0 Å². The van der Waals surface area contributed by atoms with Crippen molar-refractivity contribution in [3.63, 3.8) is 0 Å². The van der Waals surface area contributed by atoms with Crippen LogP contribution in [0.5, 0.6) is 0 Å². The van der Waals surface area contributed by atoms with E-state index in [1.807, 2.05) is 4.72 Å². The number of nitrogens with one attached hydrogen (secondary N) is 1. The molecule has 4 nitrogen and oxygen atoms in total. The van der Waals surface area contributed by atoms with Gasteiger partial charge in [-0.3, -0.25) is 0 Å². The molecule has 1 atom stereocenters. The van der Waals surface area contributed by atoms with Crippen LogP contribution in [-0.2, 0) is 21.4 Å². The summed E-state index contributed by atoms with van der Waals surface area (Å²) in [6.45, 7) is -1.20. The molecule has 0 fully saturated rings. The van der Waals surface area contributed by atoms with Gasteiger partial charge in [-0.05, 0) is 11.1 Å². The first kappa shape index (κ1) is 18.4. The Hall–Kier alpha value is -1.90. The van der Waals surface area contributed by atoms with Gasteiger partial charge in [0.2, 0.25) is 10.0 Å². The lowest BCUT2D eigenvalue weighted by Gasteiger charge is -2.31. The molecule has 2 aromatic rings. The minimum atomic E-state index is -5.04. The molecular weight excluding hydrogens is 343 g/mol. The third-order valence-electron chi connectivity index (χ3n) is 3.47. The molecule has 1 unspecified atom stereocenters. The molecule has 0 aromatic heterocycles. The standard InChI is InChI=1S/C16H16F3NO3S/c17-16(18,19)15(21,14-9-5-2-6-10-14)12-20-24(22,23)11-13-7-3-1-4-8-13/h1-10,20-21H,11-12H2. The van der Waals surface area contributed by atoms with Crippen molar-refractivity contribution in [1.29, 1.82) is 0 Å². The van der Waals surface area contributed by atoms with Gasteiger partial charge in [0.1, 0.15) is 0 Å². The Morgan fingerprint density at radius 3 is 1.92 bits per heavy atom. The van der Waals surface area contributed by atoms with E-state index >= 15 is 0 Å². The molecular formula is C16H16F3NO3S. The minimum Gasteiger partial charge on any atom is -0.375 e. The maximum Gasteiger partial charge on any atom is 0.422 e. The third-order valence-corrected chi connectivity index (χ3v) is 4.77. The van der Waals surface area contributed by atoms with Crippen LogP contribution < -0.4 is 4.72 Å². The second-order valence-electron chi connectivity index (χ2n) is 5.29. The lowest BCUT2D eigenvalue weighted by atomic mass is 9.93. The molecule has 0 heterocycles. The largest absolute Gasteiger partial charge is 0.422 e. The van der Waals surface area contributed by atoms with E-state index in [1.54, 1.807) is 30.3 Å². The number of alkyl halides is 3. The molecule has 2 rings (SSSR count). The zero-order chi connectivity index (χ0) is 17.8. The van der Waals surface area contributed by atoms with Crippen LogP contribution >= 0.6 is 0 Å². The van der Waals surface area contributed by atoms with Gasteiger partial charge in [0.05, 0.1) is 12.3 Å². The minimum absolute atomic E-state index is 0.431. The van der Waals surface area contributed by atoms with Crippen molar-refractivity contribution >= 4 is 10.0 Å². The van der Waals surface area contributed by atoms with E-state index < -0.39 is 39.7 Å². The van der Waals surface area contributed by atoms with Crippen molar-refractivity contribution in [3.05, 3.63) is 71.8 Å². The summed E-state index contributed by atoms with van der Waals surface area (Å²) in [5, 5.41) is 10.1. The van der Waals surface area contributed by atoms with Gasteiger partial charge in [-0.15, -0.1) is 0 Å². The van der Waals surface area contributed by atoms with Crippen LogP contribution in [0.3, 0.4) is 0 Å². The van der Waals surface area contributed by atoms with E-state index in [2.05, 4.69) is 0 Å². The van der Waals surface area contributed by atoms with Crippen molar-refractivity contribution in [2.24, 2.45) is 0 Å². The Morgan fingerprint density at radius 2 is 1.42 bits per heavy atom. The highest BCUT2D eigenvalue weighted by atomic mass is 32.2. The van der Waals surface area contributed by atoms with Gasteiger partial charge < -0.3 is 5.11 Å². The fourth-order valence-electron chi connectivity index (χ4n) is 2.14. The van der Waals surface area contributed by atoms with Gasteiger partial charge >= 0.3 is 6.18 Å². The smallest absolute Gasteiger partial charge is 0.375 e. The van der Waals surface area contributed by atoms with Gasteiger partial charge in [0.15, 0.2) is 5.60 Å². The lowest BCUT2D eigenvalue weighted by Crippen LogP contribution is -2.51. The Labute approximate surface area is 138 Å². The van der Waals surface area contributed by atoms with Crippen LogP contribution in [0.2, 0.25) is 0 Å². The van der Waals surface area contributed by atoms with Crippen molar-refractivity contribution in [2.45, 2.75) is 17.5 Å². The van der Waals surface area contributed by atoms with Crippen LogP contribution in [0.15, 0.2) is 60.7 Å². The molecule has 0 aliphatic heterocycles. The molecule has 0 saturated carbocycles. The van der Waals surface area contributed by atoms with Crippen molar-refractivity contribution < 1.29 is 26.7 Å². The lowest BCUT2D eigenvalue weighted by molar-refractivity contribution is -0.263. The summed E-state index contributed by atoms with van der Waals surface area (Å²) in [5.41, 5.74) is -3.31. The predicted molar refractivity (Wildman–Crippen MR) is 83.5 cm³/mol. The monoisotopic (exact) mass is 359 g/mol. The normalized spacial score (nSPS) is 15.0. The molecule has 0 aliphatic rings. The summed E-state index contributed by atoms with van der Waals surface area (Å²) in [6.07, 6.45) is -5.04. The van der Waals surface area contributed by atoms with E-state index in [1.165, 1.54) is 18.2 Å². The van der Waals surface area contributed by atoms with Crippen LogP contribution in [0.4, 0.5) is 13.2 Å². The highest BCUT2D eigenvalue weighted by molar-refractivity contribution is 7.88. The highest BCUT2D eigenvalue weighted by Crippen LogP contribution is 2.38. The van der Waals surface area contributed by atoms with Crippen LogP contribution in [0, 0.1) is 0 Å². The summed E-state index contributed by atoms with van der Waals surface area (Å²) in [7, 11) is -4.05. The Balaban J connectivity index is 2.20. The molecule has 24 heavy (non-hydrogen) atoms. The number of sulfonamides is 1. The molecule has 130 valence electrons. The number of halogens is 3. The summed E-state index contributed by atoms with van der Waals surface area (Å²) >= 11 is 0. The van der Waals surface area contributed by atoms with Crippen LogP contribution in [-0.4, -0.2) is 26.2 Å². The van der Waals surface area contributed by atoms with Crippen molar-refractivity contribution in [3.8, 4) is 0 Å². The molecule has 2 N–H and O–H groups in total.